The molecule has 0 aromatic heterocycles. The maximum absolute atomic E-state index is 3.58. The Kier molecular flexibility index (Phi) is 3.62. The Bertz CT molecular complexity index is 569. The molecule has 104 valence electrons. The van der Waals surface area contributed by atoms with E-state index in [1.165, 1.54) is 29.5 Å². The Balaban J connectivity index is 1.86. The van der Waals surface area contributed by atoms with Crippen molar-refractivity contribution in [1.82, 2.24) is 5.32 Å². The summed E-state index contributed by atoms with van der Waals surface area (Å²) in [6.45, 7) is 2.21. The van der Waals surface area contributed by atoms with Crippen molar-refractivity contribution >= 4 is 0 Å². The Labute approximate surface area is 122 Å². The van der Waals surface area contributed by atoms with E-state index in [0.29, 0.717) is 11.5 Å². The van der Waals surface area contributed by atoms with Crippen molar-refractivity contribution in [3.05, 3.63) is 71.3 Å². The molecule has 1 N–H and O–H groups in total. The quantitative estimate of drug-likeness (QED) is 0.865. The van der Waals surface area contributed by atoms with E-state index in [1.807, 2.05) is 0 Å². The molecule has 1 atom stereocenters. The predicted octanol–water partition coefficient (Wildman–Crippen LogP) is 3.86. The van der Waals surface area contributed by atoms with Gasteiger partial charge in [0.25, 0.3) is 0 Å². The fourth-order valence-electron chi connectivity index (χ4n) is 3.38. The maximum Gasteiger partial charge on any atom is 0.0201 e. The highest BCUT2D eigenvalue weighted by molar-refractivity contribution is 5.36. The summed E-state index contributed by atoms with van der Waals surface area (Å²) in [5.41, 5.74) is 4.71. The summed E-state index contributed by atoms with van der Waals surface area (Å²) in [6, 6.07) is 20.3. The van der Waals surface area contributed by atoms with E-state index in [4.69, 9.17) is 0 Å². The third kappa shape index (κ3) is 2.38. The fraction of sp³-hybridized carbons (Fsp3) is 0.368. The topological polar surface area (TPSA) is 12.0 Å². The van der Waals surface area contributed by atoms with Crippen molar-refractivity contribution in [1.29, 1.82) is 0 Å². The largest absolute Gasteiger partial charge is 0.316 e. The van der Waals surface area contributed by atoms with Gasteiger partial charge in [-0.05, 0) is 49.9 Å². The number of hydrogen-bond donors (Lipinski definition) is 1. The van der Waals surface area contributed by atoms with Crippen molar-refractivity contribution in [2.24, 2.45) is 0 Å². The summed E-state index contributed by atoms with van der Waals surface area (Å²) in [5.74, 6) is 0. The van der Waals surface area contributed by atoms with Gasteiger partial charge in [0, 0.05) is 11.5 Å². The van der Waals surface area contributed by atoms with Crippen molar-refractivity contribution in [2.75, 3.05) is 7.05 Å². The average Bonchev–Trinajstić information content (AvgIpc) is 3.29. The van der Waals surface area contributed by atoms with Crippen LogP contribution in [-0.4, -0.2) is 13.1 Å². The third-order valence-corrected chi connectivity index (χ3v) is 4.84. The van der Waals surface area contributed by atoms with E-state index in [9.17, 15) is 0 Å². The molecule has 2 aromatic rings. The van der Waals surface area contributed by atoms with Crippen LogP contribution in [0.3, 0.4) is 0 Å². The minimum absolute atomic E-state index is 0.346. The molecule has 0 aliphatic heterocycles. The minimum atomic E-state index is 0.346. The predicted molar refractivity (Wildman–Crippen MR) is 85.1 cm³/mol. The van der Waals surface area contributed by atoms with E-state index in [-0.39, 0.29) is 0 Å². The molecule has 1 heteroatoms. The summed E-state index contributed by atoms with van der Waals surface area (Å²) in [5, 5.41) is 3.58. The maximum atomic E-state index is 3.58. The highest BCUT2D eigenvalue weighted by atomic mass is 14.9. The number of benzene rings is 2. The monoisotopic (exact) mass is 265 g/mol. The molecule has 20 heavy (non-hydrogen) atoms. The van der Waals surface area contributed by atoms with E-state index in [2.05, 4.69) is 73.9 Å². The summed E-state index contributed by atoms with van der Waals surface area (Å²) in [7, 11) is 2.10. The van der Waals surface area contributed by atoms with Crippen LogP contribution in [0.4, 0.5) is 0 Å². The molecular formula is C19H23N. The summed E-state index contributed by atoms with van der Waals surface area (Å²) in [4.78, 5) is 0. The number of aryl methyl sites for hydroxylation is 1. The first kappa shape index (κ1) is 13.4. The zero-order valence-corrected chi connectivity index (χ0v) is 12.4. The van der Waals surface area contributed by atoms with Crippen LogP contribution < -0.4 is 5.32 Å². The van der Waals surface area contributed by atoms with Crippen molar-refractivity contribution in [3.8, 4) is 0 Å². The molecule has 1 aliphatic rings. The van der Waals surface area contributed by atoms with Gasteiger partial charge in [-0.3, -0.25) is 0 Å². The summed E-state index contributed by atoms with van der Waals surface area (Å²) >= 11 is 0. The smallest absolute Gasteiger partial charge is 0.0201 e. The molecule has 0 bridgehead atoms. The lowest BCUT2D eigenvalue weighted by Crippen LogP contribution is -2.39. The number of hydrogen-bond acceptors (Lipinski definition) is 1. The van der Waals surface area contributed by atoms with Crippen molar-refractivity contribution in [3.63, 3.8) is 0 Å². The van der Waals surface area contributed by atoms with Gasteiger partial charge in [-0.1, -0.05) is 54.6 Å². The zero-order chi connectivity index (χ0) is 14.0. The molecule has 1 saturated carbocycles. The van der Waals surface area contributed by atoms with Crippen LogP contribution in [0.15, 0.2) is 54.6 Å². The van der Waals surface area contributed by atoms with Gasteiger partial charge in [-0.15, -0.1) is 0 Å². The van der Waals surface area contributed by atoms with E-state index in [1.54, 1.807) is 0 Å². The van der Waals surface area contributed by atoms with Crippen LogP contribution in [-0.2, 0) is 11.8 Å². The molecule has 2 aromatic carbocycles. The number of likely N-dealkylation sites (N-methyl/N-ethyl adjacent to an activating group) is 1. The second kappa shape index (κ2) is 5.41. The van der Waals surface area contributed by atoms with Gasteiger partial charge < -0.3 is 5.32 Å². The first-order chi connectivity index (χ1) is 9.76. The Morgan fingerprint density at radius 1 is 1.00 bits per heavy atom. The Hall–Kier alpha value is -1.60. The van der Waals surface area contributed by atoms with Crippen LogP contribution >= 0.6 is 0 Å². The Morgan fingerprint density at radius 2 is 1.65 bits per heavy atom. The van der Waals surface area contributed by atoms with Gasteiger partial charge in [-0.25, -0.2) is 0 Å². The van der Waals surface area contributed by atoms with E-state index >= 15 is 0 Å². The van der Waals surface area contributed by atoms with Crippen molar-refractivity contribution in [2.45, 2.75) is 37.6 Å². The summed E-state index contributed by atoms with van der Waals surface area (Å²) < 4.78 is 0. The van der Waals surface area contributed by atoms with Crippen LogP contribution in [0, 0.1) is 6.92 Å². The lowest BCUT2D eigenvalue weighted by molar-refractivity contribution is 0.442. The molecule has 0 radical (unpaired) electrons. The van der Waals surface area contributed by atoms with Gasteiger partial charge in [0.05, 0.1) is 0 Å². The molecule has 1 unspecified atom stereocenters. The van der Waals surface area contributed by atoms with Gasteiger partial charge in [0.15, 0.2) is 0 Å². The zero-order valence-electron chi connectivity index (χ0n) is 12.4. The van der Waals surface area contributed by atoms with Gasteiger partial charge >= 0.3 is 0 Å². The van der Waals surface area contributed by atoms with Crippen molar-refractivity contribution < 1.29 is 0 Å². The lowest BCUT2D eigenvalue weighted by Gasteiger charge is -2.28. The highest BCUT2D eigenvalue weighted by Gasteiger charge is 2.49. The molecule has 1 nitrogen and oxygen atoms in total. The van der Waals surface area contributed by atoms with Crippen LogP contribution in [0.5, 0.6) is 0 Å². The average molecular weight is 265 g/mol. The number of nitrogens with one attached hydrogen (secondary N) is 1. The van der Waals surface area contributed by atoms with Crippen LogP contribution in [0.1, 0.15) is 29.5 Å². The van der Waals surface area contributed by atoms with E-state index in [0.717, 1.165) is 6.42 Å². The number of rotatable bonds is 5. The Morgan fingerprint density at radius 3 is 2.25 bits per heavy atom. The molecule has 1 aliphatic carbocycles. The third-order valence-electron chi connectivity index (χ3n) is 4.84. The van der Waals surface area contributed by atoms with Gasteiger partial charge in [0.2, 0.25) is 0 Å². The molecule has 0 amide bonds. The normalized spacial score (nSPS) is 17.7. The minimum Gasteiger partial charge on any atom is -0.316 e. The SMILES string of the molecule is CNC(Cc1ccccc1C)C1(c2ccccc2)CC1. The van der Waals surface area contributed by atoms with Gasteiger partial charge in [-0.2, -0.15) is 0 Å². The summed E-state index contributed by atoms with van der Waals surface area (Å²) in [6.07, 6.45) is 3.71. The molecule has 3 rings (SSSR count). The van der Waals surface area contributed by atoms with Crippen LogP contribution in [0.25, 0.3) is 0 Å². The first-order valence-electron chi connectivity index (χ1n) is 7.53. The second-order valence-electron chi connectivity index (χ2n) is 5.99. The van der Waals surface area contributed by atoms with Crippen LogP contribution in [0.2, 0.25) is 0 Å². The fourth-order valence-corrected chi connectivity index (χ4v) is 3.38. The molecule has 1 fully saturated rings. The first-order valence-corrected chi connectivity index (χ1v) is 7.53. The van der Waals surface area contributed by atoms with Gasteiger partial charge in [0.1, 0.15) is 0 Å². The lowest BCUT2D eigenvalue weighted by atomic mass is 9.84. The second-order valence-corrected chi connectivity index (χ2v) is 5.99. The molecule has 0 heterocycles. The standard InChI is InChI=1S/C19H23N/c1-15-8-6-7-9-16(15)14-18(20-2)19(12-13-19)17-10-4-3-5-11-17/h3-11,18,20H,12-14H2,1-2H3. The highest BCUT2D eigenvalue weighted by Crippen LogP contribution is 2.51. The van der Waals surface area contributed by atoms with E-state index < -0.39 is 0 Å². The molecular weight excluding hydrogens is 242 g/mol. The molecule has 0 saturated heterocycles. The molecule has 0 spiro atoms.